The second kappa shape index (κ2) is 9.58. The Kier molecular flexibility index (Phi) is 6.78. The topological polar surface area (TPSA) is 114 Å². The number of nitrogens with one attached hydrogen (secondary N) is 2. The van der Waals surface area contributed by atoms with Crippen molar-refractivity contribution in [3.05, 3.63) is 47.0 Å². The van der Waals surface area contributed by atoms with E-state index in [1.807, 2.05) is 0 Å². The molecular weight excluding hydrogens is 470 g/mol. The summed E-state index contributed by atoms with van der Waals surface area (Å²) in [6, 6.07) is 8.64. The van der Waals surface area contributed by atoms with Gasteiger partial charge in [-0.1, -0.05) is 17.7 Å². The van der Waals surface area contributed by atoms with Gasteiger partial charge < -0.3 is 20.1 Å². The van der Waals surface area contributed by atoms with Crippen LogP contribution in [0.25, 0.3) is 0 Å². The highest BCUT2D eigenvalue weighted by molar-refractivity contribution is 7.89. The van der Waals surface area contributed by atoms with E-state index in [9.17, 15) is 18.0 Å². The summed E-state index contributed by atoms with van der Waals surface area (Å²) in [4.78, 5) is 25.1. The molecule has 1 unspecified atom stereocenters. The Balaban J connectivity index is 1.41. The number of rotatable bonds is 6. The number of carbonyl (C=O) groups excluding carboxylic acids is 2. The molecule has 0 aromatic heterocycles. The predicted octanol–water partition coefficient (Wildman–Crippen LogP) is 2.33. The van der Waals surface area contributed by atoms with Crippen LogP contribution in [0, 0.1) is 6.92 Å². The van der Waals surface area contributed by atoms with E-state index in [1.54, 1.807) is 31.2 Å². The molecule has 1 saturated heterocycles. The number of sulfonamides is 1. The van der Waals surface area contributed by atoms with E-state index in [2.05, 4.69) is 10.6 Å². The molecule has 11 heteroatoms. The molecule has 0 saturated carbocycles. The average molecular weight is 494 g/mol. The van der Waals surface area contributed by atoms with Gasteiger partial charge in [0.25, 0.3) is 0 Å². The average Bonchev–Trinajstić information content (AvgIpc) is 3.31. The predicted molar refractivity (Wildman–Crippen MR) is 122 cm³/mol. The van der Waals surface area contributed by atoms with Crippen molar-refractivity contribution in [2.45, 2.75) is 30.7 Å². The Labute approximate surface area is 197 Å². The standard InChI is InChI=1S/C22H24ClN3O6S/c1-14-16(23)4-2-5-17(14)25-21(27)13-24-22(28)18-6-3-9-26(18)33(29,30)15-7-8-19-20(12-15)32-11-10-31-19/h2,4-5,7-8,12,18H,3,6,9-11,13H2,1H3,(H,24,28)(H,25,27). The molecule has 2 aliphatic rings. The Morgan fingerprint density at radius 2 is 1.91 bits per heavy atom. The first-order valence-electron chi connectivity index (χ1n) is 10.5. The number of hydrogen-bond donors (Lipinski definition) is 2. The van der Waals surface area contributed by atoms with Gasteiger partial charge in [0.05, 0.1) is 11.4 Å². The molecule has 0 radical (unpaired) electrons. The molecule has 0 spiro atoms. The minimum Gasteiger partial charge on any atom is -0.486 e. The van der Waals surface area contributed by atoms with E-state index in [0.717, 1.165) is 0 Å². The first kappa shape index (κ1) is 23.3. The minimum atomic E-state index is -3.94. The van der Waals surface area contributed by atoms with Crippen molar-refractivity contribution in [1.82, 2.24) is 9.62 Å². The number of benzene rings is 2. The van der Waals surface area contributed by atoms with Crippen LogP contribution >= 0.6 is 11.6 Å². The van der Waals surface area contributed by atoms with Crippen molar-refractivity contribution in [1.29, 1.82) is 0 Å². The van der Waals surface area contributed by atoms with Crippen molar-refractivity contribution in [3.8, 4) is 11.5 Å². The van der Waals surface area contributed by atoms with Crippen LogP contribution in [0.15, 0.2) is 41.3 Å². The van der Waals surface area contributed by atoms with Crippen LogP contribution in [-0.4, -0.2) is 56.9 Å². The van der Waals surface area contributed by atoms with Crippen molar-refractivity contribution in [2.24, 2.45) is 0 Å². The normalized spacial score (nSPS) is 18.1. The molecule has 9 nitrogen and oxygen atoms in total. The smallest absolute Gasteiger partial charge is 0.243 e. The number of hydrogen-bond acceptors (Lipinski definition) is 6. The van der Waals surface area contributed by atoms with Gasteiger partial charge in [0.2, 0.25) is 21.8 Å². The molecular formula is C22H24ClN3O6S. The summed E-state index contributed by atoms with van der Waals surface area (Å²) in [5.41, 5.74) is 1.26. The third-order valence-electron chi connectivity index (χ3n) is 5.59. The number of halogens is 1. The van der Waals surface area contributed by atoms with Crippen LogP contribution in [0.2, 0.25) is 5.02 Å². The third-order valence-corrected chi connectivity index (χ3v) is 7.91. The second-order valence-corrected chi connectivity index (χ2v) is 10.1. The second-order valence-electron chi connectivity index (χ2n) is 7.76. The fourth-order valence-electron chi connectivity index (χ4n) is 3.83. The molecule has 33 heavy (non-hydrogen) atoms. The summed E-state index contributed by atoms with van der Waals surface area (Å²) in [5.74, 6) is -0.119. The van der Waals surface area contributed by atoms with Crippen LogP contribution in [0.3, 0.4) is 0 Å². The Morgan fingerprint density at radius 3 is 2.70 bits per heavy atom. The van der Waals surface area contributed by atoms with Crippen LogP contribution in [0.4, 0.5) is 5.69 Å². The number of amides is 2. The summed E-state index contributed by atoms with van der Waals surface area (Å²) in [6.45, 7) is 2.43. The number of fused-ring (bicyclic) bond motifs is 1. The van der Waals surface area contributed by atoms with E-state index in [1.165, 1.54) is 16.4 Å². The van der Waals surface area contributed by atoms with Gasteiger partial charge in [0.15, 0.2) is 11.5 Å². The first-order valence-corrected chi connectivity index (χ1v) is 12.3. The zero-order valence-corrected chi connectivity index (χ0v) is 19.5. The molecule has 2 aromatic rings. The highest BCUT2D eigenvalue weighted by Crippen LogP contribution is 2.34. The van der Waals surface area contributed by atoms with Gasteiger partial charge in [-0.3, -0.25) is 9.59 Å². The van der Waals surface area contributed by atoms with E-state index >= 15 is 0 Å². The van der Waals surface area contributed by atoms with Gasteiger partial charge in [0.1, 0.15) is 19.3 Å². The molecule has 1 fully saturated rings. The van der Waals surface area contributed by atoms with Gasteiger partial charge in [-0.2, -0.15) is 4.31 Å². The lowest BCUT2D eigenvalue weighted by molar-refractivity contribution is -0.126. The summed E-state index contributed by atoms with van der Waals surface area (Å²) >= 11 is 6.06. The van der Waals surface area contributed by atoms with Crippen molar-refractivity contribution in [3.63, 3.8) is 0 Å². The lowest BCUT2D eigenvalue weighted by Gasteiger charge is -2.24. The monoisotopic (exact) mass is 493 g/mol. The maximum atomic E-state index is 13.2. The summed E-state index contributed by atoms with van der Waals surface area (Å²) in [5, 5.41) is 5.76. The van der Waals surface area contributed by atoms with Crippen LogP contribution in [0.1, 0.15) is 18.4 Å². The van der Waals surface area contributed by atoms with Crippen molar-refractivity contribution >= 4 is 39.1 Å². The number of carbonyl (C=O) groups is 2. The summed E-state index contributed by atoms with van der Waals surface area (Å²) < 4.78 is 38.6. The van der Waals surface area contributed by atoms with Gasteiger partial charge in [-0.25, -0.2) is 8.42 Å². The van der Waals surface area contributed by atoms with Gasteiger partial charge in [-0.15, -0.1) is 0 Å². The molecule has 2 aromatic carbocycles. The summed E-state index contributed by atoms with van der Waals surface area (Å²) in [6.07, 6.45) is 0.903. The fourth-order valence-corrected chi connectivity index (χ4v) is 5.68. The van der Waals surface area contributed by atoms with E-state index in [0.29, 0.717) is 53.8 Å². The molecule has 1 atom stereocenters. The van der Waals surface area contributed by atoms with Gasteiger partial charge >= 0.3 is 0 Å². The lowest BCUT2D eigenvalue weighted by atomic mass is 10.2. The van der Waals surface area contributed by atoms with Gasteiger partial charge in [0, 0.05) is 23.3 Å². The fraction of sp³-hybridized carbons (Fsp3) is 0.364. The molecule has 0 bridgehead atoms. The largest absolute Gasteiger partial charge is 0.486 e. The highest BCUT2D eigenvalue weighted by Gasteiger charge is 2.40. The molecule has 176 valence electrons. The van der Waals surface area contributed by atoms with Gasteiger partial charge in [-0.05, 0) is 49.6 Å². The van der Waals surface area contributed by atoms with Crippen LogP contribution in [-0.2, 0) is 19.6 Å². The SMILES string of the molecule is Cc1c(Cl)cccc1NC(=O)CNC(=O)C1CCCN1S(=O)(=O)c1ccc2c(c1)OCCO2. The summed E-state index contributed by atoms with van der Waals surface area (Å²) in [7, 11) is -3.94. The Morgan fingerprint density at radius 1 is 1.15 bits per heavy atom. The van der Waals surface area contributed by atoms with Crippen molar-refractivity contribution in [2.75, 3.05) is 31.6 Å². The molecule has 0 aliphatic carbocycles. The zero-order chi connectivity index (χ0) is 23.6. The third kappa shape index (κ3) is 4.92. The van der Waals surface area contributed by atoms with E-state index < -0.39 is 27.9 Å². The maximum absolute atomic E-state index is 13.2. The Hall–Kier alpha value is -2.82. The molecule has 2 N–H and O–H groups in total. The highest BCUT2D eigenvalue weighted by atomic mass is 35.5. The Bertz CT molecular complexity index is 1190. The number of anilines is 1. The molecule has 2 heterocycles. The van der Waals surface area contributed by atoms with Crippen LogP contribution < -0.4 is 20.1 Å². The van der Waals surface area contributed by atoms with Crippen LogP contribution in [0.5, 0.6) is 11.5 Å². The molecule has 4 rings (SSSR count). The maximum Gasteiger partial charge on any atom is 0.243 e. The minimum absolute atomic E-state index is 0.0284. The number of nitrogens with zero attached hydrogens (tertiary/aromatic N) is 1. The molecule has 2 aliphatic heterocycles. The van der Waals surface area contributed by atoms with Crippen molar-refractivity contribution < 1.29 is 27.5 Å². The molecule has 2 amide bonds. The quantitative estimate of drug-likeness (QED) is 0.638. The first-order chi connectivity index (χ1) is 15.8. The van der Waals surface area contributed by atoms with E-state index in [4.69, 9.17) is 21.1 Å². The lowest BCUT2D eigenvalue weighted by Crippen LogP contribution is -2.47. The zero-order valence-electron chi connectivity index (χ0n) is 18.0. The number of ether oxygens (including phenoxy) is 2. The van der Waals surface area contributed by atoms with E-state index in [-0.39, 0.29) is 18.0 Å².